The summed E-state index contributed by atoms with van der Waals surface area (Å²) in [5.41, 5.74) is 3.02. The second kappa shape index (κ2) is 11.3. The molecule has 1 saturated carbocycles. The minimum atomic E-state index is -0.250. The first-order valence-electron chi connectivity index (χ1n) is 13.7. The molecule has 0 bridgehead atoms. The third-order valence-corrected chi connectivity index (χ3v) is 8.22. The predicted octanol–water partition coefficient (Wildman–Crippen LogP) is 5.38. The van der Waals surface area contributed by atoms with Crippen LogP contribution in [0.4, 0.5) is 10.2 Å². The maximum atomic E-state index is 14.7. The highest BCUT2D eigenvalue weighted by Gasteiger charge is 2.39. The van der Waals surface area contributed by atoms with Gasteiger partial charge in [-0.2, -0.15) is 0 Å². The highest BCUT2D eigenvalue weighted by molar-refractivity contribution is 5.92. The number of nitrogens with one attached hydrogen (secondary N) is 1. The van der Waals surface area contributed by atoms with E-state index < -0.39 is 0 Å². The van der Waals surface area contributed by atoms with Crippen LogP contribution in [0.1, 0.15) is 51.9 Å². The highest BCUT2D eigenvalue weighted by atomic mass is 19.1. The van der Waals surface area contributed by atoms with Gasteiger partial charge in [-0.05, 0) is 64.1 Å². The molecule has 1 aromatic carbocycles. The molecule has 1 unspecified atom stereocenters. The van der Waals surface area contributed by atoms with Crippen molar-refractivity contribution in [2.75, 3.05) is 33.1 Å². The summed E-state index contributed by atoms with van der Waals surface area (Å²) >= 11 is 0. The molecule has 0 radical (unpaired) electrons. The number of halogens is 1. The van der Waals surface area contributed by atoms with Gasteiger partial charge in [0, 0.05) is 37.5 Å². The lowest BCUT2D eigenvalue weighted by atomic mass is 9.90. The first-order valence-corrected chi connectivity index (χ1v) is 13.7. The number of likely N-dealkylation sites (tertiary alicyclic amines) is 1. The van der Waals surface area contributed by atoms with E-state index in [1.807, 2.05) is 31.1 Å². The lowest BCUT2D eigenvalue weighted by Gasteiger charge is -2.35. The van der Waals surface area contributed by atoms with Crippen molar-refractivity contribution in [2.24, 2.45) is 0 Å². The fraction of sp³-hybridized carbons (Fsp3) is 0.500. The van der Waals surface area contributed by atoms with Crippen molar-refractivity contribution >= 4 is 22.6 Å². The van der Waals surface area contributed by atoms with E-state index in [2.05, 4.69) is 26.8 Å². The van der Waals surface area contributed by atoms with E-state index in [0.717, 1.165) is 32.1 Å². The van der Waals surface area contributed by atoms with Crippen molar-refractivity contribution in [3.05, 3.63) is 53.8 Å². The number of methoxy groups -OCH3 is 1. The Kier molecular flexibility index (Phi) is 7.88. The molecule has 0 spiro atoms. The number of nitrogens with zero attached hydrogens (tertiary/aromatic N) is 4. The molecule has 2 aliphatic carbocycles. The number of fused-ring (bicyclic) bond motifs is 1. The fourth-order valence-electron chi connectivity index (χ4n) is 5.92. The van der Waals surface area contributed by atoms with Gasteiger partial charge in [-0.25, -0.2) is 14.4 Å². The van der Waals surface area contributed by atoms with Crippen LogP contribution in [-0.2, 0) is 4.79 Å². The quantitative estimate of drug-likeness (QED) is 0.477. The molecule has 3 aliphatic rings. The molecule has 2 fully saturated rings. The van der Waals surface area contributed by atoms with E-state index in [1.54, 1.807) is 20.1 Å². The second-order valence-electron chi connectivity index (χ2n) is 11.0. The number of anilines is 1. The van der Waals surface area contributed by atoms with E-state index >= 15 is 0 Å². The summed E-state index contributed by atoms with van der Waals surface area (Å²) in [6.45, 7) is 6.53. The second-order valence-corrected chi connectivity index (χ2v) is 11.0. The van der Waals surface area contributed by atoms with Gasteiger partial charge in [-0.3, -0.25) is 9.69 Å². The Morgan fingerprint density at radius 2 is 2.08 bits per heavy atom. The van der Waals surface area contributed by atoms with Crippen LogP contribution in [0.3, 0.4) is 0 Å². The summed E-state index contributed by atoms with van der Waals surface area (Å²) in [5.74, 6) is 1.48. The highest BCUT2D eigenvalue weighted by Crippen LogP contribution is 2.37. The van der Waals surface area contributed by atoms with Crippen molar-refractivity contribution in [2.45, 2.75) is 70.1 Å². The van der Waals surface area contributed by atoms with Crippen LogP contribution in [0.5, 0.6) is 11.5 Å². The van der Waals surface area contributed by atoms with E-state index in [-0.39, 0.29) is 29.9 Å². The number of carbonyl (C=O) groups excluding carboxylic acids is 1. The molecule has 208 valence electrons. The Morgan fingerprint density at radius 1 is 1.26 bits per heavy atom. The lowest BCUT2D eigenvalue weighted by molar-refractivity contribution is -0.136. The van der Waals surface area contributed by atoms with Gasteiger partial charge >= 0.3 is 0 Å². The monoisotopic (exact) mass is 535 g/mol. The largest absolute Gasteiger partial charge is 0.493 e. The maximum Gasteiger partial charge on any atom is 0.240 e. The number of allylic oxidation sites excluding steroid dienone is 4. The van der Waals surface area contributed by atoms with Crippen LogP contribution >= 0.6 is 0 Å². The zero-order chi connectivity index (χ0) is 27.7. The van der Waals surface area contributed by atoms with Crippen molar-refractivity contribution < 1.29 is 18.7 Å². The Morgan fingerprint density at radius 3 is 2.85 bits per heavy atom. The van der Waals surface area contributed by atoms with E-state index in [4.69, 9.17) is 9.47 Å². The number of aromatic nitrogens is 2. The molecule has 39 heavy (non-hydrogen) atoms. The number of hydrogen-bond donors (Lipinski definition) is 1. The lowest BCUT2D eigenvalue weighted by Crippen LogP contribution is -2.47. The Hall–Kier alpha value is -3.46. The predicted molar refractivity (Wildman–Crippen MR) is 150 cm³/mol. The first-order chi connectivity index (χ1) is 18.7. The average molecular weight is 536 g/mol. The van der Waals surface area contributed by atoms with Crippen molar-refractivity contribution in [1.82, 2.24) is 19.8 Å². The van der Waals surface area contributed by atoms with E-state index in [9.17, 15) is 9.18 Å². The zero-order valence-electron chi connectivity index (χ0n) is 23.3. The zero-order valence-corrected chi connectivity index (χ0v) is 23.3. The molecule has 1 amide bonds. The van der Waals surface area contributed by atoms with Crippen LogP contribution in [-0.4, -0.2) is 71.6 Å². The van der Waals surface area contributed by atoms with Gasteiger partial charge in [0.2, 0.25) is 5.91 Å². The van der Waals surface area contributed by atoms with Gasteiger partial charge in [0.15, 0.2) is 11.5 Å². The van der Waals surface area contributed by atoms with Crippen LogP contribution < -0.4 is 14.8 Å². The van der Waals surface area contributed by atoms with Crippen LogP contribution in [0.25, 0.3) is 10.9 Å². The molecule has 5 rings (SSSR count). The summed E-state index contributed by atoms with van der Waals surface area (Å²) in [7, 11) is 5.47. The molecule has 3 atom stereocenters. The number of benzene rings is 1. The van der Waals surface area contributed by atoms with E-state index in [1.165, 1.54) is 11.9 Å². The summed E-state index contributed by atoms with van der Waals surface area (Å²) in [4.78, 5) is 26.2. The minimum absolute atomic E-state index is 0.126. The van der Waals surface area contributed by atoms with Gasteiger partial charge in [-0.1, -0.05) is 18.2 Å². The molecule has 1 aliphatic heterocycles. The van der Waals surface area contributed by atoms with Gasteiger partial charge < -0.3 is 19.7 Å². The minimum Gasteiger partial charge on any atom is -0.493 e. The van der Waals surface area contributed by atoms with Gasteiger partial charge in [0.25, 0.3) is 0 Å². The van der Waals surface area contributed by atoms with Crippen LogP contribution in [0.15, 0.2) is 53.8 Å². The first kappa shape index (κ1) is 27.1. The number of amides is 1. The SMILES string of the molecule is C=C1CCCC(N(C)C(=O)[C@@H]2C[C@H](Oc3cc4c(NC5=C(F)C(C)=CCC5)ncnc4cc3OC)CN2C)C1. The molecular formula is C30H38FN5O3. The van der Waals surface area contributed by atoms with Crippen molar-refractivity contribution in [1.29, 1.82) is 0 Å². The summed E-state index contributed by atoms with van der Waals surface area (Å²) in [5, 5.41) is 3.90. The number of ether oxygens (including phenoxy) is 2. The number of carbonyl (C=O) groups is 1. The fourth-order valence-corrected chi connectivity index (χ4v) is 5.92. The molecule has 1 N–H and O–H groups in total. The number of hydrogen-bond acceptors (Lipinski definition) is 7. The molecule has 2 aromatic rings. The smallest absolute Gasteiger partial charge is 0.240 e. The molecule has 9 heteroatoms. The third-order valence-electron chi connectivity index (χ3n) is 8.22. The number of likely N-dealkylation sites (N-methyl/N-ethyl adjacent to an activating group) is 2. The van der Waals surface area contributed by atoms with Crippen LogP contribution in [0.2, 0.25) is 0 Å². The molecule has 2 heterocycles. The maximum absolute atomic E-state index is 14.7. The third kappa shape index (κ3) is 5.64. The van der Waals surface area contributed by atoms with Crippen molar-refractivity contribution in [3.63, 3.8) is 0 Å². The van der Waals surface area contributed by atoms with Crippen molar-refractivity contribution in [3.8, 4) is 11.5 Å². The van der Waals surface area contributed by atoms with Crippen LogP contribution in [0, 0.1) is 0 Å². The molecular weight excluding hydrogens is 497 g/mol. The summed E-state index contributed by atoms with van der Waals surface area (Å²) in [6.07, 6.45) is 9.10. The molecule has 1 aromatic heterocycles. The topological polar surface area (TPSA) is 79.8 Å². The van der Waals surface area contributed by atoms with E-state index in [0.29, 0.717) is 58.9 Å². The summed E-state index contributed by atoms with van der Waals surface area (Å²) < 4.78 is 26.8. The Bertz CT molecular complexity index is 1340. The summed E-state index contributed by atoms with van der Waals surface area (Å²) in [6, 6.07) is 3.61. The Balaban J connectivity index is 1.35. The van der Waals surface area contributed by atoms with Gasteiger partial charge in [-0.15, -0.1) is 0 Å². The molecule has 8 nitrogen and oxygen atoms in total. The standard InChI is InChI=1S/C30H38FN5O3/c1-18-8-6-10-20(12-18)36(4)30(37)25-13-21(16-35(25)3)39-27-14-22-24(15-26(27)38-5)32-17-33-29(22)34-23-11-7-9-19(2)28(23)31/h9,14-15,17,20-21,25H,1,6-8,10-13,16H2,2-5H3,(H,32,33,34)/t20?,21-,25-/m0/s1. The number of rotatable bonds is 7. The molecule has 1 saturated heterocycles. The Labute approximate surface area is 229 Å². The normalized spacial score (nSPS) is 24.1. The average Bonchev–Trinajstić information content (AvgIpc) is 3.30. The van der Waals surface area contributed by atoms with Gasteiger partial charge in [0.1, 0.15) is 24.1 Å². The van der Waals surface area contributed by atoms with Gasteiger partial charge in [0.05, 0.1) is 24.4 Å².